The summed E-state index contributed by atoms with van der Waals surface area (Å²) < 4.78 is 44.8. The number of amides is 1. The summed E-state index contributed by atoms with van der Waals surface area (Å²) in [6.07, 6.45) is -4.32. The number of benzene rings is 1. The number of carbonyl (C=O) groups is 1. The van der Waals surface area contributed by atoms with E-state index < -0.39 is 11.7 Å². The summed E-state index contributed by atoms with van der Waals surface area (Å²) in [6.45, 7) is 0.147. The van der Waals surface area contributed by atoms with E-state index in [2.05, 4.69) is 10.1 Å². The molecule has 1 unspecified atom stereocenters. The molecule has 1 aliphatic heterocycles. The van der Waals surface area contributed by atoms with Crippen LogP contribution in [0.2, 0.25) is 0 Å². The van der Waals surface area contributed by atoms with Crippen molar-refractivity contribution in [3.05, 3.63) is 58.8 Å². The number of hydrogen-bond acceptors (Lipinski definition) is 5. The van der Waals surface area contributed by atoms with E-state index >= 15 is 0 Å². The van der Waals surface area contributed by atoms with Gasteiger partial charge in [0, 0.05) is 19.5 Å². The van der Waals surface area contributed by atoms with Crippen molar-refractivity contribution in [2.45, 2.75) is 25.1 Å². The summed E-state index contributed by atoms with van der Waals surface area (Å²) in [4.78, 5) is 18.9. The fraction of sp³-hybridized carbons (Fsp3) is 0.278. The van der Waals surface area contributed by atoms with Crippen molar-refractivity contribution in [2.75, 3.05) is 6.54 Å². The third kappa shape index (κ3) is 3.59. The van der Waals surface area contributed by atoms with E-state index in [-0.39, 0.29) is 36.9 Å². The lowest BCUT2D eigenvalue weighted by Crippen LogP contribution is -2.26. The molecule has 3 heterocycles. The van der Waals surface area contributed by atoms with Crippen LogP contribution in [-0.4, -0.2) is 27.5 Å². The van der Waals surface area contributed by atoms with Gasteiger partial charge in [0.15, 0.2) is 0 Å². The molecule has 27 heavy (non-hydrogen) atoms. The van der Waals surface area contributed by atoms with Gasteiger partial charge in [-0.1, -0.05) is 29.4 Å². The van der Waals surface area contributed by atoms with E-state index in [1.807, 2.05) is 17.5 Å². The number of likely N-dealkylation sites (tertiary alicyclic amines) is 1. The van der Waals surface area contributed by atoms with Crippen LogP contribution in [0.4, 0.5) is 13.2 Å². The standard InChI is InChI=1S/C18H14F3N3O2S/c19-18(20,21)13-5-2-1-4-11(13)9-24-10-12(8-15(24)25)17-22-16(23-26-17)14-6-3-7-27-14/h1-7,12H,8-10H2. The minimum atomic E-state index is -4.46. The van der Waals surface area contributed by atoms with Crippen LogP contribution in [0.5, 0.6) is 0 Å². The van der Waals surface area contributed by atoms with Crippen LogP contribution in [0.25, 0.3) is 10.7 Å². The van der Waals surface area contributed by atoms with Crippen LogP contribution in [-0.2, 0) is 17.5 Å². The predicted molar refractivity (Wildman–Crippen MR) is 91.8 cm³/mol. The van der Waals surface area contributed by atoms with Gasteiger partial charge in [-0.15, -0.1) is 11.3 Å². The Balaban J connectivity index is 1.51. The third-order valence-corrected chi connectivity index (χ3v) is 5.30. The van der Waals surface area contributed by atoms with Gasteiger partial charge in [-0.05, 0) is 23.1 Å². The summed E-state index contributed by atoms with van der Waals surface area (Å²) in [6, 6.07) is 9.03. The zero-order valence-corrected chi connectivity index (χ0v) is 14.8. The first-order valence-corrected chi connectivity index (χ1v) is 9.10. The monoisotopic (exact) mass is 393 g/mol. The summed E-state index contributed by atoms with van der Waals surface area (Å²) in [5.41, 5.74) is -0.650. The predicted octanol–water partition coefficient (Wildman–Crippen LogP) is 4.33. The Labute approximate surface area is 156 Å². The zero-order valence-electron chi connectivity index (χ0n) is 13.9. The summed E-state index contributed by atoms with van der Waals surface area (Å²) in [5.74, 6) is 0.233. The molecular formula is C18H14F3N3O2S. The van der Waals surface area contributed by atoms with E-state index in [1.165, 1.54) is 34.4 Å². The number of thiophene rings is 1. The molecule has 1 aliphatic rings. The van der Waals surface area contributed by atoms with E-state index in [4.69, 9.17) is 4.52 Å². The Hall–Kier alpha value is -2.68. The van der Waals surface area contributed by atoms with Gasteiger partial charge in [-0.25, -0.2) is 0 Å². The van der Waals surface area contributed by atoms with Crippen LogP contribution < -0.4 is 0 Å². The average molecular weight is 393 g/mol. The molecule has 4 rings (SSSR count). The Kier molecular flexibility index (Phi) is 4.47. The van der Waals surface area contributed by atoms with E-state index in [0.717, 1.165) is 10.9 Å². The maximum Gasteiger partial charge on any atom is 0.416 e. The molecule has 9 heteroatoms. The first kappa shape index (κ1) is 17.7. The second-order valence-corrected chi connectivity index (χ2v) is 7.21. The minimum absolute atomic E-state index is 0.0730. The fourth-order valence-electron chi connectivity index (χ4n) is 3.14. The minimum Gasteiger partial charge on any atom is -0.339 e. The highest BCUT2D eigenvalue weighted by Crippen LogP contribution is 2.35. The molecule has 0 spiro atoms. The number of nitrogens with zero attached hydrogens (tertiary/aromatic N) is 3. The van der Waals surface area contributed by atoms with Crippen molar-refractivity contribution in [3.8, 4) is 10.7 Å². The van der Waals surface area contributed by atoms with Crippen molar-refractivity contribution in [1.29, 1.82) is 0 Å². The number of carbonyl (C=O) groups excluding carboxylic acids is 1. The smallest absolute Gasteiger partial charge is 0.339 e. The van der Waals surface area contributed by atoms with Gasteiger partial charge < -0.3 is 9.42 Å². The van der Waals surface area contributed by atoms with Gasteiger partial charge in [0.1, 0.15) is 0 Å². The van der Waals surface area contributed by atoms with Crippen LogP contribution in [0.3, 0.4) is 0 Å². The number of hydrogen-bond donors (Lipinski definition) is 0. The van der Waals surface area contributed by atoms with Crippen LogP contribution >= 0.6 is 11.3 Å². The largest absolute Gasteiger partial charge is 0.416 e. The van der Waals surface area contributed by atoms with Crippen LogP contribution in [0.15, 0.2) is 46.3 Å². The van der Waals surface area contributed by atoms with Crippen molar-refractivity contribution in [1.82, 2.24) is 15.0 Å². The fourth-order valence-corrected chi connectivity index (χ4v) is 3.79. The van der Waals surface area contributed by atoms with Crippen LogP contribution in [0.1, 0.15) is 29.4 Å². The highest BCUT2D eigenvalue weighted by molar-refractivity contribution is 7.13. The second kappa shape index (κ2) is 6.80. The molecule has 5 nitrogen and oxygen atoms in total. The molecule has 0 saturated carbocycles. The van der Waals surface area contributed by atoms with E-state index in [1.54, 1.807) is 0 Å². The third-order valence-electron chi connectivity index (χ3n) is 4.43. The highest BCUT2D eigenvalue weighted by Gasteiger charge is 2.37. The molecule has 2 aromatic heterocycles. The van der Waals surface area contributed by atoms with Gasteiger partial charge in [0.05, 0.1) is 16.4 Å². The second-order valence-electron chi connectivity index (χ2n) is 6.26. The molecule has 1 amide bonds. The molecule has 0 aliphatic carbocycles. The quantitative estimate of drug-likeness (QED) is 0.662. The molecule has 1 atom stereocenters. The topological polar surface area (TPSA) is 59.2 Å². The van der Waals surface area contributed by atoms with Crippen molar-refractivity contribution in [3.63, 3.8) is 0 Å². The molecule has 0 bridgehead atoms. The first-order chi connectivity index (χ1) is 12.9. The van der Waals surface area contributed by atoms with Gasteiger partial charge in [0.2, 0.25) is 17.6 Å². The Morgan fingerprint density at radius 1 is 1.22 bits per heavy atom. The normalized spacial score (nSPS) is 17.7. The number of rotatable bonds is 4. The Bertz CT molecular complexity index is 953. The number of halogens is 3. The molecule has 3 aromatic rings. The number of alkyl halides is 3. The maximum atomic E-state index is 13.2. The van der Waals surface area contributed by atoms with Gasteiger partial charge in [-0.2, -0.15) is 18.2 Å². The molecular weight excluding hydrogens is 379 g/mol. The summed E-state index contributed by atoms with van der Waals surface area (Å²) in [5, 5.41) is 5.82. The lowest BCUT2D eigenvalue weighted by Gasteiger charge is -2.19. The lowest BCUT2D eigenvalue weighted by atomic mass is 10.1. The van der Waals surface area contributed by atoms with Gasteiger partial charge in [-0.3, -0.25) is 4.79 Å². The van der Waals surface area contributed by atoms with Crippen molar-refractivity contribution >= 4 is 17.2 Å². The lowest BCUT2D eigenvalue weighted by molar-refractivity contribution is -0.139. The molecule has 1 aromatic carbocycles. The van der Waals surface area contributed by atoms with Gasteiger partial charge >= 0.3 is 6.18 Å². The Morgan fingerprint density at radius 3 is 2.78 bits per heavy atom. The summed E-state index contributed by atoms with van der Waals surface area (Å²) in [7, 11) is 0. The molecule has 1 saturated heterocycles. The number of aromatic nitrogens is 2. The van der Waals surface area contributed by atoms with E-state index in [9.17, 15) is 18.0 Å². The SMILES string of the molecule is O=C1CC(c2nc(-c3cccs3)no2)CN1Cc1ccccc1C(F)(F)F. The van der Waals surface area contributed by atoms with Crippen molar-refractivity contribution in [2.24, 2.45) is 0 Å². The van der Waals surface area contributed by atoms with Crippen LogP contribution in [0, 0.1) is 0 Å². The molecule has 0 radical (unpaired) electrons. The average Bonchev–Trinajstić information content (AvgIpc) is 3.35. The highest BCUT2D eigenvalue weighted by atomic mass is 32.1. The first-order valence-electron chi connectivity index (χ1n) is 8.22. The van der Waals surface area contributed by atoms with E-state index in [0.29, 0.717) is 11.7 Å². The zero-order chi connectivity index (χ0) is 19.0. The molecule has 140 valence electrons. The van der Waals surface area contributed by atoms with Crippen molar-refractivity contribution < 1.29 is 22.5 Å². The maximum absolute atomic E-state index is 13.2. The summed E-state index contributed by atoms with van der Waals surface area (Å²) >= 11 is 1.47. The Morgan fingerprint density at radius 2 is 2.04 bits per heavy atom. The molecule has 1 fully saturated rings. The van der Waals surface area contributed by atoms with Gasteiger partial charge in [0.25, 0.3) is 0 Å². The molecule has 0 N–H and O–H groups in total.